The largest absolute Gasteiger partial charge is 0.489 e. The SMILES string of the molecule is O=[N+]([O-])c1ccc(OCc2cnc(Cl)cc2Cl)cc1F. The molecular weight excluding hydrogens is 310 g/mol. The summed E-state index contributed by atoms with van der Waals surface area (Å²) in [4.78, 5) is 13.5. The Kier molecular flexibility index (Phi) is 4.36. The van der Waals surface area contributed by atoms with Gasteiger partial charge in [0.05, 0.1) is 9.95 Å². The zero-order chi connectivity index (χ0) is 14.7. The molecule has 0 aliphatic heterocycles. The van der Waals surface area contributed by atoms with Crippen LogP contribution in [-0.4, -0.2) is 9.91 Å². The van der Waals surface area contributed by atoms with Crippen molar-refractivity contribution < 1.29 is 14.1 Å². The zero-order valence-corrected chi connectivity index (χ0v) is 11.4. The smallest absolute Gasteiger partial charge is 0.305 e. The van der Waals surface area contributed by atoms with Gasteiger partial charge in [-0.3, -0.25) is 10.1 Å². The predicted octanol–water partition coefficient (Wildman–Crippen LogP) is 4.01. The molecule has 1 aromatic carbocycles. The molecule has 0 bridgehead atoms. The van der Waals surface area contributed by atoms with Gasteiger partial charge < -0.3 is 4.74 Å². The Morgan fingerprint density at radius 3 is 2.70 bits per heavy atom. The molecule has 0 saturated heterocycles. The zero-order valence-electron chi connectivity index (χ0n) is 9.85. The number of nitro groups is 1. The van der Waals surface area contributed by atoms with Gasteiger partial charge in [-0.2, -0.15) is 4.39 Å². The number of aromatic nitrogens is 1. The molecule has 0 saturated carbocycles. The van der Waals surface area contributed by atoms with E-state index in [9.17, 15) is 14.5 Å². The summed E-state index contributed by atoms with van der Waals surface area (Å²) in [6.45, 7) is 0.0419. The number of pyridine rings is 1. The summed E-state index contributed by atoms with van der Waals surface area (Å²) in [5.74, 6) is -0.813. The Morgan fingerprint density at radius 1 is 1.35 bits per heavy atom. The van der Waals surface area contributed by atoms with E-state index < -0.39 is 16.4 Å². The number of benzene rings is 1. The first-order valence-electron chi connectivity index (χ1n) is 5.34. The van der Waals surface area contributed by atoms with Crippen molar-refractivity contribution in [2.45, 2.75) is 6.61 Å². The fourth-order valence-corrected chi connectivity index (χ4v) is 1.85. The highest BCUT2D eigenvalue weighted by atomic mass is 35.5. The molecule has 2 rings (SSSR count). The van der Waals surface area contributed by atoms with E-state index in [1.165, 1.54) is 18.3 Å². The molecule has 0 amide bonds. The van der Waals surface area contributed by atoms with Crippen LogP contribution < -0.4 is 4.74 Å². The van der Waals surface area contributed by atoms with Crippen molar-refractivity contribution in [3.05, 3.63) is 62.1 Å². The number of hydrogen-bond donors (Lipinski definition) is 0. The molecule has 0 radical (unpaired) electrons. The van der Waals surface area contributed by atoms with E-state index in [0.717, 1.165) is 12.1 Å². The van der Waals surface area contributed by atoms with Gasteiger partial charge in [-0.15, -0.1) is 0 Å². The molecule has 2 aromatic rings. The summed E-state index contributed by atoms with van der Waals surface area (Å²) in [6.07, 6.45) is 1.44. The third-order valence-electron chi connectivity index (χ3n) is 2.41. The molecule has 104 valence electrons. The van der Waals surface area contributed by atoms with Crippen molar-refractivity contribution in [1.29, 1.82) is 0 Å². The highest BCUT2D eigenvalue weighted by Crippen LogP contribution is 2.24. The molecule has 0 aliphatic carbocycles. The van der Waals surface area contributed by atoms with Crippen LogP contribution in [0, 0.1) is 15.9 Å². The van der Waals surface area contributed by atoms with Gasteiger partial charge in [0.15, 0.2) is 0 Å². The van der Waals surface area contributed by atoms with Crippen LogP contribution in [0.3, 0.4) is 0 Å². The number of hydrogen-bond acceptors (Lipinski definition) is 4. The molecule has 1 heterocycles. The first-order chi connectivity index (χ1) is 9.47. The normalized spacial score (nSPS) is 10.3. The maximum Gasteiger partial charge on any atom is 0.305 e. The Labute approximate surface area is 123 Å². The molecule has 20 heavy (non-hydrogen) atoms. The lowest BCUT2D eigenvalue weighted by molar-refractivity contribution is -0.387. The van der Waals surface area contributed by atoms with E-state index >= 15 is 0 Å². The van der Waals surface area contributed by atoms with Crippen LogP contribution in [-0.2, 0) is 6.61 Å². The van der Waals surface area contributed by atoms with Crippen LogP contribution in [0.2, 0.25) is 10.2 Å². The summed E-state index contributed by atoms with van der Waals surface area (Å²) in [5.41, 5.74) is -0.0432. The highest BCUT2D eigenvalue weighted by Gasteiger charge is 2.14. The van der Waals surface area contributed by atoms with Crippen LogP contribution in [0.15, 0.2) is 30.5 Å². The van der Waals surface area contributed by atoms with Gasteiger partial charge in [0.2, 0.25) is 5.82 Å². The van der Waals surface area contributed by atoms with E-state index in [2.05, 4.69) is 4.98 Å². The van der Waals surface area contributed by atoms with Gasteiger partial charge in [0.25, 0.3) is 0 Å². The van der Waals surface area contributed by atoms with Crippen LogP contribution in [0.4, 0.5) is 10.1 Å². The maximum atomic E-state index is 13.4. The van der Waals surface area contributed by atoms with E-state index in [4.69, 9.17) is 27.9 Å². The second-order valence-corrected chi connectivity index (χ2v) is 4.55. The Balaban J connectivity index is 2.11. The van der Waals surface area contributed by atoms with Gasteiger partial charge in [0, 0.05) is 23.9 Å². The number of ether oxygens (including phenoxy) is 1. The Hall–Kier alpha value is -1.92. The average Bonchev–Trinajstić information content (AvgIpc) is 2.37. The minimum absolute atomic E-state index is 0.0419. The lowest BCUT2D eigenvalue weighted by atomic mass is 10.3. The standard InChI is InChI=1S/C12H7Cl2FN2O3/c13-9-4-12(14)16-5-7(9)6-20-8-1-2-11(17(18)19)10(15)3-8/h1-5H,6H2. The topological polar surface area (TPSA) is 65.3 Å². The molecule has 1 aromatic heterocycles. The van der Waals surface area contributed by atoms with Crippen LogP contribution in [0.1, 0.15) is 5.56 Å². The minimum Gasteiger partial charge on any atom is -0.489 e. The lowest BCUT2D eigenvalue weighted by Gasteiger charge is -2.07. The molecule has 0 N–H and O–H groups in total. The third kappa shape index (κ3) is 3.34. The number of nitrogens with zero attached hydrogens (tertiary/aromatic N) is 2. The summed E-state index contributed by atoms with van der Waals surface area (Å²) in [5, 5.41) is 11.1. The summed E-state index contributed by atoms with van der Waals surface area (Å²) < 4.78 is 18.7. The highest BCUT2D eigenvalue weighted by molar-refractivity contribution is 6.34. The van der Waals surface area contributed by atoms with Gasteiger partial charge >= 0.3 is 5.69 Å². The Bertz CT molecular complexity index is 667. The summed E-state index contributed by atoms with van der Waals surface area (Å²) >= 11 is 11.6. The van der Waals surface area contributed by atoms with Crippen molar-refractivity contribution in [1.82, 2.24) is 4.98 Å². The number of halogens is 3. The number of rotatable bonds is 4. The molecule has 0 aliphatic rings. The van der Waals surface area contributed by atoms with E-state index in [1.54, 1.807) is 0 Å². The molecule has 0 spiro atoms. The van der Waals surface area contributed by atoms with Crippen LogP contribution in [0.25, 0.3) is 0 Å². The van der Waals surface area contributed by atoms with E-state index in [1.807, 2.05) is 0 Å². The predicted molar refractivity (Wildman–Crippen MR) is 71.6 cm³/mol. The Morgan fingerprint density at radius 2 is 2.10 bits per heavy atom. The third-order valence-corrected chi connectivity index (χ3v) is 2.97. The molecule has 0 fully saturated rings. The van der Waals surface area contributed by atoms with Crippen molar-refractivity contribution in [2.24, 2.45) is 0 Å². The molecule has 8 heteroatoms. The fraction of sp³-hybridized carbons (Fsp3) is 0.0833. The van der Waals surface area contributed by atoms with Gasteiger partial charge in [0.1, 0.15) is 17.5 Å². The molecule has 5 nitrogen and oxygen atoms in total. The van der Waals surface area contributed by atoms with Crippen molar-refractivity contribution in [3.8, 4) is 5.75 Å². The average molecular weight is 317 g/mol. The first kappa shape index (κ1) is 14.5. The molecule has 0 unspecified atom stereocenters. The summed E-state index contributed by atoms with van der Waals surface area (Å²) in [6, 6.07) is 4.73. The van der Waals surface area contributed by atoms with Gasteiger partial charge in [-0.1, -0.05) is 23.2 Å². The van der Waals surface area contributed by atoms with Gasteiger partial charge in [-0.05, 0) is 12.1 Å². The maximum absolute atomic E-state index is 13.4. The second kappa shape index (κ2) is 6.02. The number of nitro benzene ring substituents is 1. The monoisotopic (exact) mass is 316 g/mol. The van der Waals surface area contributed by atoms with Crippen LogP contribution >= 0.6 is 23.2 Å². The minimum atomic E-state index is -0.965. The van der Waals surface area contributed by atoms with Crippen LogP contribution in [0.5, 0.6) is 5.75 Å². The summed E-state index contributed by atoms with van der Waals surface area (Å²) in [7, 11) is 0. The van der Waals surface area contributed by atoms with E-state index in [0.29, 0.717) is 10.6 Å². The molecule has 0 atom stereocenters. The lowest BCUT2D eigenvalue weighted by Crippen LogP contribution is -1.99. The van der Waals surface area contributed by atoms with Crippen molar-refractivity contribution in [2.75, 3.05) is 0 Å². The van der Waals surface area contributed by atoms with Crippen molar-refractivity contribution in [3.63, 3.8) is 0 Å². The van der Waals surface area contributed by atoms with Crippen molar-refractivity contribution >= 4 is 28.9 Å². The first-order valence-corrected chi connectivity index (χ1v) is 6.09. The van der Waals surface area contributed by atoms with E-state index in [-0.39, 0.29) is 17.5 Å². The fourth-order valence-electron chi connectivity index (χ4n) is 1.43. The quantitative estimate of drug-likeness (QED) is 0.485. The van der Waals surface area contributed by atoms with Gasteiger partial charge in [-0.25, -0.2) is 4.98 Å². The molecular formula is C12H7Cl2FN2O3. The second-order valence-electron chi connectivity index (χ2n) is 3.76.